The van der Waals surface area contributed by atoms with Crippen molar-refractivity contribution in [3.8, 4) is 5.75 Å². The molecule has 2 N–H and O–H groups in total. The van der Waals surface area contributed by atoms with Crippen molar-refractivity contribution in [3.63, 3.8) is 0 Å². The number of aliphatic imine (C=N–C) groups is 1. The summed E-state index contributed by atoms with van der Waals surface area (Å²) in [6.07, 6.45) is 1.31. The highest BCUT2D eigenvalue weighted by Crippen LogP contribution is 2.36. The van der Waals surface area contributed by atoms with Gasteiger partial charge in [0.25, 0.3) is 0 Å². The number of rotatable bonds is 6. The molecule has 0 fully saturated rings. The largest absolute Gasteiger partial charge is 0.486 e. The standard InChI is InChI=1S/C20H22N2O2S/c1-20(10-11-25-19(21)22-20)16-8-5-9-18(13-16)24-14-17(23)12-15-6-3-2-4-7-15/h2-9,13H,10-12,14H2,1H3,(H2,21,22). The molecule has 4 nitrogen and oxygen atoms in total. The lowest BCUT2D eigenvalue weighted by Gasteiger charge is -2.30. The number of ether oxygens (including phenoxy) is 1. The minimum absolute atomic E-state index is 0.0548. The summed E-state index contributed by atoms with van der Waals surface area (Å²) in [5, 5.41) is 0.623. The molecular formula is C20H22N2O2S. The van der Waals surface area contributed by atoms with Crippen molar-refractivity contribution in [1.82, 2.24) is 0 Å². The van der Waals surface area contributed by atoms with Gasteiger partial charge in [-0.3, -0.25) is 9.79 Å². The Labute approximate surface area is 152 Å². The van der Waals surface area contributed by atoms with Crippen LogP contribution in [0.5, 0.6) is 5.75 Å². The molecule has 0 saturated carbocycles. The average Bonchev–Trinajstić information content (AvgIpc) is 2.61. The van der Waals surface area contributed by atoms with E-state index in [4.69, 9.17) is 10.5 Å². The topological polar surface area (TPSA) is 64.7 Å². The van der Waals surface area contributed by atoms with E-state index in [0.29, 0.717) is 17.3 Å². The lowest BCUT2D eigenvalue weighted by atomic mass is 9.90. The maximum absolute atomic E-state index is 12.1. The number of nitrogens with two attached hydrogens (primary N) is 1. The van der Waals surface area contributed by atoms with Gasteiger partial charge in [0.05, 0.1) is 5.54 Å². The molecule has 0 amide bonds. The normalized spacial score (nSPS) is 20.0. The molecule has 1 heterocycles. The van der Waals surface area contributed by atoms with Crippen LogP contribution in [0.4, 0.5) is 0 Å². The fraction of sp³-hybridized carbons (Fsp3) is 0.300. The Morgan fingerprint density at radius 1 is 1.24 bits per heavy atom. The van der Waals surface area contributed by atoms with Crippen molar-refractivity contribution in [2.75, 3.05) is 12.4 Å². The van der Waals surface area contributed by atoms with E-state index in [2.05, 4.69) is 11.9 Å². The number of hydrogen-bond donors (Lipinski definition) is 1. The van der Waals surface area contributed by atoms with Crippen molar-refractivity contribution >= 4 is 22.7 Å². The smallest absolute Gasteiger partial charge is 0.174 e. The number of Topliss-reactive ketones (excluding diaryl/α,β-unsaturated/α-hetero) is 1. The summed E-state index contributed by atoms with van der Waals surface area (Å²) in [6, 6.07) is 17.5. The number of thioether (sulfide) groups is 1. The number of carbonyl (C=O) groups excluding carboxylic acids is 1. The summed E-state index contributed by atoms with van der Waals surface area (Å²) in [6.45, 7) is 2.15. The summed E-state index contributed by atoms with van der Waals surface area (Å²) in [7, 11) is 0. The van der Waals surface area contributed by atoms with Crippen LogP contribution >= 0.6 is 11.8 Å². The maximum atomic E-state index is 12.1. The molecule has 1 aliphatic heterocycles. The average molecular weight is 354 g/mol. The third-order valence-corrected chi connectivity index (χ3v) is 5.09. The first-order chi connectivity index (χ1) is 12.0. The Bertz CT molecular complexity index is 776. The third-order valence-electron chi connectivity index (χ3n) is 4.30. The maximum Gasteiger partial charge on any atom is 0.174 e. The molecule has 1 aliphatic rings. The number of benzene rings is 2. The zero-order valence-corrected chi connectivity index (χ0v) is 15.1. The van der Waals surface area contributed by atoms with Crippen LogP contribution in [0, 0.1) is 0 Å². The third kappa shape index (κ3) is 4.63. The predicted molar refractivity (Wildman–Crippen MR) is 103 cm³/mol. The Morgan fingerprint density at radius 2 is 2.04 bits per heavy atom. The molecule has 0 aromatic heterocycles. The van der Waals surface area contributed by atoms with Gasteiger partial charge in [-0.2, -0.15) is 0 Å². The second kappa shape index (κ2) is 7.74. The van der Waals surface area contributed by atoms with Crippen LogP contribution in [0.1, 0.15) is 24.5 Å². The van der Waals surface area contributed by atoms with Crippen molar-refractivity contribution in [2.45, 2.75) is 25.3 Å². The monoisotopic (exact) mass is 354 g/mol. The van der Waals surface area contributed by atoms with Gasteiger partial charge in [-0.15, -0.1) is 0 Å². The van der Waals surface area contributed by atoms with Crippen LogP contribution in [-0.2, 0) is 16.8 Å². The molecule has 0 spiro atoms. The number of ketones is 1. The van der Waals surface area contributed by atoms with Crippen molar-refractivity contribution in [3.05, 3.63) is 65.7 Å². The lowest BCUT2D eigenvalue weighted by Crippen LogP contribution is -2.28. The molecular weight excluding hydrogens is 332 g/mol. The lowest BCUT2D eigenvalue weighted by molar-refractivity contribution is -0.120. The summed E-state index contributed by atoms with van der Waals surface area (Å²) >= 11 is 1.59. The van der Waals surface area contributed by atoms with Gasteiger partial charge >= 0.3 is 0 Å². The van der Waals surface area contributed by atoms with E-state index < -0.39 is 0 Å². The zero-order chi connectivity index (χ0) is 17.7. The summed E-state index contributed by atoms with van der Waals surface area (Å²) in [4.78, 5) is 16.7. The molecule has 0 aliphatic carbocycles. The second-order valence-electron chi connectivity index (χ2n) is 6.34. The highest BCUT2D eigenvalue weighted by molar-refractivity contribution is 8.13. The zero-order valence-electron chi connectivity index (χ0n) is 14.3. The first-order valence-corrected chi connectivity index (χ1v) is 9.31. The molecule has 2 aromatic rings. The second-order valence-corrected chi connectivity index (χ2v) is 7.46. The van der Waals surface area contributed by atoms with Gasteiger partial charge in [-0.1, -0.05) is 54.2 Å². The summed E-state index contributed by atoms with van der Waals surface area (Å²) < 4.78 is 5.71. The Hall–Kier alpha value is -2.27. The SMILES string of the molecule is CC1(c2cccc(OCC(=O)Cc3ccccc3)c2)CCSC(N)=N1. The molecule has 2 aromatic carbocycles. The van der Waals surface area contributed by atoms with E-state index in [-0.39, 0.29) is 17.9 Å². The first kappa shape index (κ1) is 17.5. The van der Waals surface area contributed by atoms with Crippen LogP contribution in [0.3, 0.4) is 0 Å². The van der Waals surface area contributed by atoms with Gasteiger partial charge < -0.3 is 10.5 Å². The molecule has 1 atom stereocenters. The number of carbonyl (C=O) groups is 1. The van der Waals surface area contributed by atoms with E-state index in [1.165, 1.54) is 0 Å². The molecule has 130 valence electrons. The molecule has 0 saturated heterocycles. The van der Waals surface area contributed by atoms with E-state index in [9.17, 15) is 4.79 Å². The minimum atomic E-state index is -0.331. The molecule has 0 radical (unpaired) electrons. The highest BCUT2D eigenvalue weighted by Gasteiger charge is 2.29. The number of hydrogen-bond acceptors (Lipinski definition) is 5. The molecule has 0 bridgehead atoms. The Morgan fingerprint density at radius 3 is 2.80 bits per heavy atom. The van der Waals surface area contributed by atoms with Crippen LogP contribution in [0.2, 0.25) is 0 Å². The Balaban J connectivity index is 1.64. The summed E-state index contributed by atoms with van der Waals surface area (Å²) in [5.74, 6) is 1.69. The van der Waals surface area contributed by atoms with Gasteiger partial charge in [0.2, 0.25) is 0 Å². The molecule has 1 unspecified atom stereocenters. The van der Waals surface area contributed by atoms with Crippen LogP contribution in [0.15, 0.2) is 59.6 Å². The van der Waals surface area contributed by atoms with E-state index in [1.54, 1.807) is 11.8 Å². The fourth-order valence-corrected chi connectivity index (χ4v) is 3.83. The Kier molecular flexibility index (Phi) is 5.43. The van der Waals surface area contributed by atoms with Gasteiger partial charge in [0, 0.05) is 12.2 Å². The number of nitrogens with zero attached hydrogens (tertiary/aromatic N) is 1. The molecule has 25 heavy (non-hydrogen) atoms. The van der Waals surface area contributed by atoms with Crippen molar-refractivity contribution < 1.29 is 9.53 Å². The highest BCUT2D eigenvalue weighted by atomic mass is 32.2. The van der Waals surface area contributed by atoms with Crippen molar-refractivity contribution in [2.24, 2.45) is 10.7 Å². The molecule has 5 heteroatoms. The van der Waals surface area contributed by atoms with Crippen molar-refractivity contribution in [1.29, 1.82) is 0 Å². The van der Waals surface area contributed by atoms with Crippen LogP contribution in [-0.4, -0.2) is 23.3 Å². The van der Waals surface area contributed by atoms with E-state index in [1.807, 2.05) is 54.6 Å². The quantitative estimate of drug-likeness (QED) is 0.862. The summed E-state index contributed by atoms with van der Waals surface area (Å²) in [5.41, 5.74) is 7.62. The van der Waals surface area contributed by atoms with E-state index >= 15 is 0 Å². The van der Waals surface area contributed by atoms with Gasteiger partial charge in [0.15, 0.2) is 11.0 Å². The predicted octanol–water partition coefficient (Wildman–Crippen LogP) is 3.54. The van der Waals surface area contributed by atoms with Gasteiger partial charge in [-0.25, -0.2) is 0 Å². The van der Waals surface area contributed by atoms with Crippen LogP contribution in [0.25, 0.3) is 0 Å². The van der Waals surface area contributed by atoms with Gasteiger partial charge in [0.1, 0.15) is 12.4 Å². The van der Waals surface area contributed by atoms with Gasteiger partial charge in [-0.05, 0) is 36.6 Å². The number of amidine groups is 1. The first-order valence-electron chi connectivity index (χ1n) is 8.32. The van der Waals surface area contributed by atoms with E-state index in [0.717, 1.165) is 23.3 Å². The minimum Gasteiger partial charge on any atom is -0.486 e. The fourth-order valence-electron chi connectivity index (χ4n) is 2.85. The molecule has 3 rings (SSSR count). The van der Waals surface area contributed by atoms with Crippen LogP contribution < -0.4 is 10.5 Å².